The average Bonchev–Trinajstić information content (AvgIpc) is 3.28. The SMILES string of the molecule is c1ccc(COc2ccccc2CN(Cc2ccccn2)C[C@@H]2CCCO2)nc1. The Morgan fingerprint density at radius 1 is 0.897 bits per heavy atom. The van der Waals surface area contributed by atoms with Crippen LogP contribution in [-0.2, 0) is 24.4 Å². The van der Waals surface area contributed by atoms with Crippen LogP contribution in [0.15, 0.2) is 73.1 Å². The summed E-state index contributed by atoms with van der Waals surface area (Å²) >= 11 is 0. The number of hydrogen-bond acceptors (Lipinski definition) is 5. The van der Waals surface area contributed by atoms with E-state index in [2.05, 4.69) is 33.1 Å². The zero-order chi connectivity index (χ0) is 19.7. The minimum Gasteiger partial charge on any atom is -0.487 e. The van der Waals surface area contributed by atoms with Crippen molar-refractivity contribution in [2.24, 2.45) is 0 Å². The minimum absolute atomic E-state index is 0.292. The first-order valence-corrected chi connectivity index (χ1v) is 10.2. The highest BCUT2D eigenvalue weighted by Crippen LogP contribution is 2.23. The summed E-state index contributed by atoms with van der Waals surface area (Å²) < 4.78 is 12.0. The molecule has 0 N–H and O–H groups in total. The third-order valence-electron chi connectivity index (χ3n) is 5.07. The summed E-state index contributed by atoms with van der Waals surface area (Å²) in [5, 5.41) is 0. The van der Waals surface area contributed by atoms with Crippen LogP contribution < -0.4 is 4.74 Å². The lowest BCUT2D eigenvalue weighted by molar-refractivity contribution is 0.0671. The molecular weight excluding hydrogens is 362 g/mol. The Labute approximate surface area is 172 Å². The van der Waals surface area contributed by atoms with Crippen molar-refractivity contribution >= 4 is 0 Å². The monoisotopic (exact) mass is 389 g/mol. The molecular formula is C24H27N3O2. The molecule has 0 unspecified atom stereocenters. The normalized spacial score (nSPS) is 16.2. The van der Waals surface area contributed by atoms with Gasteiger partial charge >= 0.3 is 0 Å². The lowest BCUT2D eigenvalue weighted by atomic mass is 10.1. The first-order valence-electron chi connectivity index (χ1n) is 10.2. The average molecular weight is 389 g/mol. The lowest BCUT2D eigenvalue weighted by Gasteiger charge is -2.26. The van der Waals surface area contributed by atoms with Crippen molar-refractivity contribution < 1.29 is 9.47 Å². The summed E-state index contributed by atoms with van der Waals surface area (Å²) in [5.41, 5.74) is 3.15. The maximum atomic E-state index is 6.11. The van der Waals surface area contributed by atoms with Gasteiger partial charge in [0.15, 0.2) is 0 Å². The van der Waals surface area contributed by atoms with E-state index in [0.29, 0.717) is 12.7 Å². The smallest absolute Gasteiger partial charge is 0.130 e. The molecule has 150 valence electrons. The molecule has 1 atom stereocenters. The van der Waals surface area contributed by atoms with E-state index in [9.17, 15) is 0 Å². The van der Waals surface area contributed by atoms with Gasteiger partial charge in [-0.25, -0.2) is 0 Å². The van der Waals surface area contributed by atoms with Crippen molar-refractivity contribution in [1.29, 1.82) is 0 Å². The van der Waals surface area contributed by atoms with Crippen LogP contribution in [0.1, 0.15) is 29.8 Å². The maximum absolute atomic E-state index is 6.11. The van der Waals surface area contributed by atoms with E-state index >= 15 is 0 Å². The molecule has 1 aliphatic rings. The van der Waals surface area contributed by atoms with E-state index < -0.39 is 0 Å². The molecule has 3 aromatic rings. The highest BCUT2D eigenvalue weighted by molar-refractivity contribution is 5.33. The second-order valence-corrected chi connectivity index (χ2v) is 7.34. The third kappa shape index (κ3) is 5.86. The summed E-state index contributed by atoms with van der Waals surface area (Å²) in [4.78, 5) is 11.3. The Bertz CT molecular complexity index is 868. The van der Waals surface area contributed by atoms with Crippen LogP contribution in [0, 0.1) is 0 Å². The number of rotatable bonds is 9. The third-order valence-corrected chi connectivity index (χ3v) is 5.07. The van der Waals surface area contributed by atoms with Crippen LogP contribution >= 0.6 is 0 Å². The second-order valence-electron chi connectivity index (χ2n) is 7.34. The van der Waals surface area contributed by atoms with E-state index in [1.54, 1.807) is 6.20 Å². The van der Waals surface area contributed by atoms with E-state index in [1.807, 2.05) is 48.7 Å². The first-order chi connectivity index (χ1) is 14.4. The summed E-state index contributed by atoms with van der Waals surface area (Å²) in [7, 11) is 0. The van der Waals surface area contributed by atoms with Gasteiger partial charge in [0.2, 0.25) is 0 Å². The zero-order valence-electron chi connectivity index (χ0n) is 16.6. The molecule has 3 heterocycles. The Morgan fingerprint density at radius 3 is 2.38 bits per heavy atom. The predicted molar refractivity (Wildman–Crippen MR) is 112 cm³/mol. The molecule has 5 nitrogen and oxygen atoms in total. The van der Waals surface area contributed by atoms with Gasteiger partial charge < -0.3 is 9.47 Å². The fourth-order valence-corrected chi connectivity index (χ4v) is 3.63. The Kier molecular flexibility index (Phi) is 6.84. The van der Waals surface area contributed by atoms with E-state index in [1.165, 1.54) is 0 Å². The van der Waals surface area contributed by atoms with Crippen molar-refractivity contribution in [1.82, 2.24) is 14.9 Å². The van der Waals surface area contributed by atoms with Crippen LogP contribution in [-0.4, -0.2) is 34.1 Å². The van der Waals surface area contributed by atoms with Crippen molar-refractivity contribution in [3.05, 3.63) is 90.0 Å². The van der Waals surface area contributed by atoms with Gasteiger partial charge in [-0.05, 0) is 43.2 Å². The van der Waals surface area contributed by atoms with Gasteiger partial charge in [0.05, 0.1) is 17.5 Å². The van der Waals surface area contributed by atoms with Gasteiger partial charge in [0, 0.05) is 44.2 Å². The van der Waals surface area contributed by atoms with Crippen LogP contribution in [0.3, 0.4) is 0 Å². The predicted octanol–water partition coefficient (Wildman–Crippen LogP) is 4.24. The number of benzene rings is 1. The molecule has 29 heavy (non-hydrogen) atoms. The molecule has 0 saturated carbocycles. The summed E-state index contributed by atoms with van der Waals surface area (Å²) in [6.45, 7) is 3.80. The van der Waals surface area contributed by atoms with Crippen molar-refractivity contribution in [2.75, 3.05) is 13.2 Å². The molecule has 1 saturated heterocycles. The molecule has 0 amide bonds. The topological polar surface area (TPSA) is 47.5 Å². The minimum atomic E-state index is 0.292. The largest absolute Gasteiger partial charge is 0.487 e. The van der Waals surface area contributed by atoms with Gasteiger partial charge in [-0.3, -0.25) is 14.9 Å². The van der Waals surface area contributed by atoms with Gasteiger partial charge in [0.25, 0.3) is 0 Å². The van der Waals surface area contributed by atoms with Crippen LogP contribution in [0.25, 0.3) is 0 Å². The quantitative estimate of drug-likeness (QED) is 0.548. The Morgan fingerprint density at radius 2 is 1.66 bits per heavy atom. The molecule has 0 bridgehead atoms. The van der Waals surface area contributed by atoms with Crippen molar-refractivity contribution in [3.8, 4) is 5.75 Å². The van der Waals surface area contributed by atoms with Gasteiger partial charge in [-0.1, -0.05) is 30.3 Å². The number of ether oxygens (including phenoxy) is 2. The molecule has 1 aliphatic heterocycles. The molecule has 1 aromatic carbocycles. The Balaban J connectivity index is 1.47. The van der Waals surface area contributed by atoms with Gasteiger partial charge in [0.1, 0.15) is 12.4 Å². The number of pyridine rings is 2. The standard InChI is InChI=1S/C24H27N3O2/c1-2-12-24(29-19-22-10-4-6-14-26-22)20(8-1)16-27(18-23-11-7-15-28-23)17-21-9-3-5-13-25-21/h1-6,8-10,12-14,23H,7,11,15-19H2/t23-/m0/s1. The molecule has 4 rings (SSSR count). The summed E-state index contributed by atoms with van der Waals surface area (Å²) in [6, 6.07) is 20.2. The van der Waals surface area contributed by atoms with Gasteiger partial charge in [-0.2, -0.15) is 0 Å². The zero-order valence-corrected chi connectivity index (χ0v) is 16.6. The number of para-hydroxylation sites is 1. The van der Waals surface area contributed by atoms with Crippen LogP contribution in [0.5, 0.6) is 5.75 Å². The second kappa shape index (κ2) is 10.1. The summed E-state index contributed by atoms with van der Waals surface area (Å²) in [6.07, 6.45) is 6.20. The molecule has 0 aliphatic carbocycles. The molecule has 1 fully saturated rings. The number of hydrogen-bond donors (Lipinski definition) is 0. The van der Waals surface area contributed by atoms with Gasteiger partial charge in [-0.15, -0.1) is 0 Å². The molecule has 0 spiro atoms. The number of nitrogens with zero attached hydrogens (tertiary/aromatic N) is 3. The lowest BCUT2D eigenvalue weighted by Crippen LogP contribution is -2.32. The van der Waals surface area contributed by atoms with Crippen LogP contribution in [0.2, 0.25) is 0 Å². The highest BCUT2D eigenvalue weighted by Gasteiger charge is 2.20. The van der Waals surface area contributed by atoms with Crippen molar-refractivity contribution in [2.45, 2.75) is 38.6 Å². The highest BCUT2D eigenvalue weighted by atomic mass is 16.5. The van der Waals surface area contributed by atoms with Crippen LogP contribution in [0.4, 0.5) is 0 Å². The molecule has 5 heteroatoms. The van der Waals surface area contributed by atoms with E-state index in [-0.39, 0.29) is 0 Å². The molecule has 0 radical (unpaired) electrons. The fraction of sp³-hybridized carbons (Fsp3) is 0.333. The maximum Gasteiger partial charge on any atom is 0.130 e. The summed E-state index contributed by atoms with van der Waals surface area (Å²) in [5.74, 6) is 0.900. The van der Waals surface area contributed by atoms with Crippen molar-refractivity contribution in [3.63, 3.8) is 0 Å². The molecule has 2 aromatic heterocycles. The fourth-order valence-electron chi connectivity index (χ4n) is 3.63. The van der Waals surface area contributed by atoms with E-state index in [0.717, 1.165) is 61.8 Å². The Hall–Kier alpha value is -2.76. The first kappa shape index (κ1) is 19.6. The van der Waals surface area contributed by atoms with E-state index in [4.69, 9.17) is 9.47 Å². The number of aromatic nitrogens is 2.